The molecule has 2 aromatic heterocycles. The van der Waals surface area contributed by atoms with Crippen LogP contribution in [0.2, 0.25) is 0 Å². The number of hydrogen-bond acceptors (Lipinski definition) is 5. The first-order chi connectivity index (χ1) is 13.4. The second-order valence-corrected chi connectivity index (χ2v) is 6.25. The van der Waals surface area contributed by atoms with Crippen molar-refractivity contribution in [1.82, 2.24) is 14.9 Å². The summed E-state index contributed by atoms with van der Waals surface area (Å²) in [4.78, 5) is 24.0. The van der Waals surface area contributed by atoms with E-state index in [2.05, 4.69) is 15.3 Å². The van der Waals surface area contributed by atoms with Gasteiger partial charge in [-0.15, -0.1) is 0 Å². The Morgan fingerprint density at radius 3 is 2.50 bits per heavy atom. The van der Waals surface area contributed by atoms with Crippen molar-refractivity contribution in [3.8, 4) is 5.88 Å². The van der Waals surface area contributed by atoms with Gasteiger partial charge < -0.3 is 19.9 Å². The number of pyridine rings is 2. The van der Waals surface area contributed by atoms with Crippen LogP contribution in [0.15, 0.2) is 36.7 Å². The number of halogens is 3. The van der Waals surface area contributed by atoms with Crippen molar-refractivity contribution < 1.29 is 22.7 Å². The quantitative estimate of drug-likeness (QED) is 0.864. The Hall–Kier alpha value is -3.04. The maximum Gasteiger partial charge on any atom is 0.417 e. The maximum absolute atomic E-state index is 12.7. The molecule has 0 unspecified atom stereocenters. The van der Waals surface area contributed by atoms with Gasteiger partial charge in [0.15, 0.2) is 0 Å². The molecule has 0 bridgehead atoms. The number of anilines is 2. The summed E-state index contributed by atoms with van der Waals surface area (Å²) in [6.45, 7) is 2.05. The van der Waals surface area contributed by atoms with Crippen LogP contribution in [0.5, 0.6) is 5.88 Å². The lowest BCUT2D eigenvalue weighted by molar-refractivity contribution is -0.137. The van der Waals surface area contributed by atoms with Crippen molar-refractivity contribution in [2.45, 2.75) is 12.6 Å². The minimum atomic E-state index is -4.41. The highest BCUT2D eigenvalue weighted by Crippen LogP contribution is 2.29. The number of carbonyl (C=O) groups excluding carboxylic acids is 1. The van der Waals surface area contributed by atoms with E-state index in [9.17, 15) is 18.0 Å². The Kier molecular flexibility index (Phi) is 5.86. The zero-order valence-corrected chi connectivity index (χ0v) is 15.2. The average molecular weight is 395 g/mol. The molecule has 7 nitrogen and oxygen atoms in total. The van der Waals surface area contributed by atoms with Gasteiger partial charge in [-0.25, -0.2) is 14.8 Å². The molecule has 1 fully saturated rings. The van der Waals surface area contributed by atoms with E-state index in [-0.39, 0.29) is 6.03 Å². The molecule has 0 aromatic carbocycles. The van der Waals surface area contributed by atoms with Gasteiger partial charge in [-0.1, -0.05) is 0 Å². The first-order valence-electron chi connectivity index (χ1n) is 8.71. The van der Waals surface area contributed by atoms with Crippen molar-refractivity contribution in [2.24, 2.45) is 0 Å². The molecular formula is C18H20F3N5O2. The average Bonchev–Trinajstić information content (AvgIpc) is 2.94. The molecule has 0 saturated carbocycles. The van der Waals surface area contributed by atoms with Crippen molar-refractivity contribution in [1.29, 1.82) is 0 Å². The number of ether oxygens (including phenoxy) is 1. The number of nitrogens with zero attached hydrogens (tertiary/aromatic N) is 4. The SMILES string of the molecule is COc1ccc(NC(=O)N2CCCN(c3ccc(C(F)(F)F)cn3)CC2)cn1. The summed E-state index contributed by atoms with van der Waals surface area (Å²) in [6, 6.07) is 5.47. The monoisotopic (exact) mass is 395 g/mol. The molecular weight excluding hydrogens is 375 g/mol. The molecule has 0 atom stereocenters. The molecule has 2 aromatic rings. The molecule has 1 N–H and O–H groups in total. The van der Waals surface area contributed by atoms with Crippen LogP contribution in [0.4, 0.5) is 29.5 Å². The minimum Gasteiger partial charge on any atom is -0.481 e. The lowest BCUT2D eigenvalue weighted by Gasteiger charge is -2.23. The predicted molar refractivity (Wildman–Crippen MR) is 97.4 cm³/mol. The number of methoxy groups -OCH3 is 1. The van der Waals surface area contributed by atoms with Gasteiger partial charge in [0.1, 0.15) is 5.82 Å². The molecule has 10 heteroatoms. The van der Waals surface area contributed by atoms with E-state index in [1.807, 2.05) is 4.90 Å². The Balaban J connectivity index is 1.58. The van der Waals surface area contributed by atoms with Gasteiger partial charge in [0.25, 0.3) is 0 Å². The number of rotatable bonds is 3. The van der Waals surface area contributed by atoms with E-state index in [0.29, 0.717) is 50.0 Å². The van der Waals surface area contributed by atoms with Crippen LogP contribution in [0.1, 0.15) is 12.0 Å². The summed E-state index contributed by atoms with van der Waals surface area (Å²) in [6.07, 6.45) is -1.39. The highest BCUT2D eigenvalue weighted by molar-refractivity contribution is 5.89. The van der Waals surface area contributed by atoms with Gasteiger partial charge in [-0.2, -0.15) is 13.2 Å². The van der Waals surface area contributed by atoms with E-state index in [0.717, 1.165) is 12.3 Å². The molecule has 0 spiro atoms. The smallest absolute Gasteiger partial charge is 0.417 e. The number of aromatic nitrogens is 2. The zero-order chi connectivity index (χ0) is 20.1. The summed E-state index contributed by atoms with van der Waals surface area (Å²) >= 11 is 0. The molecule has 0 radical (unpaired) electrons. The number of hydrogen-bond donors (Lipinski definition) is 1. The van der Waals surface area contributed by atoms with Crippen LogP contribution in [0.3, 0.4) is 0 Å². The fourth-order valence-electron chi connectivity index (χ4n) is 2.87. The first-order valence-corrected chi connectivity index (χ1v) is 8.71. The maximum atomic E-state index is 12.7. The summed E-state index contributed by atoms with van der Waals surface area (Å²) in [5.74, 6) is 0.919. The molecule has 2 amide bonds. The van der Waals surface area contributed by atoms with Gasteiger partial charge in [-0.3, -0.25) is 0 Å². The lowest BCUT2D eigenvalue weighted by Crippen LogP contribution is -2.38. The Morgan fingerprint density at radius 1 is 1.07 bits per heavy atom. The van der Waals surface area contributed by atoms with Gasteiger partial charge in [0, 0.05) is 38.4 Å². The van der Waals surface area contributed by atoms with Gasteiger partial charge in [-0.05, 0) is 24.6 Å². The fraction of sp³-hybridized carbons (Fsp3) is 0.389. The number of carbonyl (C=O) groups is 1. The second kappa shape index (κ2) is 8.32. The summed E-state index contributed by atoms with van der Waals surface area (Å²) in [5.41, 5.74) is -0.225. The third kappa shape index (κ3) is 4.81. The van der Waals surface area contributed by atoms with Gasteiger partial charge in [0.2, 0.25) is 5.88 Å². The third-order valence-electron chi connectivity index (χ3n) is 4.38. The second-order valence-electron chi connectivity index (χ2n) is 6.25. The highest BCUT2D eigenvalue weighted by Gasteiger charge is 2.31. The number of amides is 2. The van der Waals surface area contributed by atoms with Gasteiger partial charge in [0.05, 0.1) is 24.6 Å². The molecule has 150 valence electrons. The molecule has 0 aliphatic carbocycles. The zero-order valence-electron chi connectivity index (χ0n) is 15.2. The van der Waals surface area contributed by atoms with Crippen LogP contribution < -0.4 is 15.0 Å². The van der Waals surface area contributed by atoms with E-state index in [1.165, 1.54) is 19.4 Å². The summed E-state index contributed by atoms with van der Waals surface area (Å²) < 4.78 is 43.0. The highest BCUT2D eigenvalue weighted by atomic mass is 19.4. The largest absolute Gasteiger partial charge is 0.481 e. The topological polar surface area (TPSA) is 70.6 Å². The van der Waals surface area contributed by atoms with E-state index < -0.39 is 11.7 Å². The Bertz CT molecular complexity index is 796. The van der Waals surface area contributed by atoms with Crippen molar-refractivity contribution in [2.75, 3.05) is 43.5 Å². The van der Waals surface area contributed by atoms with Crippen LogP contribution in [0, 0.1) is 0 Å². The molecule has 1 saturated heterocycles. The summed E-state index contributed by atoms with van der Waals surface area (Å²) in [7, 11) is 1.51. The van der Waals surface area contributed by atoms with Crippen LogP contribution >= 0.6 is 0 Å². The van der Waals surface area contributed by atoms with Gasteiger partial charge >= 0.3 is 12.2 Å². The van der Waals surface area contributed by atoms with E-state index in [4.69, 9.17) is 4.74 Å². The third-order valence-corrected chi connectivity index (χ3v) is 4.38. The minimum absolute atomic E-state index is 0.255. The normalized spacial score (nSPS) is 15.1. The van der Waals surface area contributed by atoms with Crippen LogP contribution in [-0.4, -0.2) is 54.2 Å². The summed E-state index contributed by atoms with van der Waals surface area (Å²) in [5, 5.41) is 2.78. The molecule has 1 aliphatic heterocycles. The predicted octanol–water partition coefficient (Wildman–Crippen LogP) is 3.25. The Labute approximate surface area is 160 Å². The van der Waals surface area contributed by atoms with Crippen LogP contribution in [-0.2, 0) is 6.18 Å². The van der Waals surface area contributed by atoms with Crippen molar-refractivity contribution >= 4 is 17.5 Å². The lowest BCUT2D eigenvalue weighted by atomic mass is 10.2. The fourth-order valence-corrected chi connectivity index (χ4v) is 2.87. The molecule has 3 rings (SSSR count). The van der Waals surface area contributed by atoms with Crippen molar-refractivity contribution in [3.05, 3.63) is 42.2 Å². The van der Waals surface area contributed by atoms with E-state index >= 15 is 0 Å². The standard InChI is InChI=1S/C18H20F3N5O2/c1-28-16-6-4-14(12-23-16)24-17(27)26-8-2-7-25(9-10-26)15-5-3-13(11-22-15)18(19,20)21/h3-6,11-12H,2,7-10H2,1H3,(H,24,27). The number of urea groups is 1. The number of alkyl halides is 3. The molecule has 3 heterocycles. The first kappa shape index (κ1) is 19.7. The van der Waals surface area contributed by atoms with Crippen molar-refractivity contribution in [3.63, 3.8) is 0 Å². The number of nitrogens with one attached hydrogen (secondary N) is 1. The van der Waals surface area contributed by atoms with Crippen LogP contribution in [0.25, 0.3) is 0 Å². The van der Waals surface area contributed by atoms with E-state index in [1.54, 1.807) is 17.0 Å². The Morgan fingerprint density at radius 2 is 1.89 bits per heavy atom. The molecule has 28 heavy (non-hydrogen) atoms. The molecule has 1 aliphatic rings.